The van der Waals surface area contributed by atoms with Crippen molar-refractivity contribution in [2.75, 3.05) is 33.4 Å². The second-order valence-electron chi connectivity index (χ2n) is 6.07. The molecular weight excluding hydrogens is 330 g/mol. The van der Waals surface area contributed by atoms with Crippen LogP contribution in [0.3, 0.4) is 0 Å². The number of carbonyl (C=O) groups excluding carboxylic acids is 1. The Morgan fingerprint density at radius 2 is 2.00 bits per heavy atom. The smallest absolute Gasteiger partial charge is 0.291 e. The first-order valence-corrected chi connectivity index (χ1v) is 9.42. The number of hydrogen-bond donors (Lipinski definition) is 1. The van der Waals surface area contributed by atoms with Crippen molar-refractivity contribution in [2.45, 2.75) is 46.6 Å². The summed E-state index contributed by atoms with van der Waals surface area (Å²) in [6.45, 7) is 11.9. The van der Waals surface area contributed by atoms with Gasteiger partial charge in [-0.1, -0.05) is 19.9 Å². The predicted molar refractivity (Wildman–Crippen MR) is 106 cm³/mol. The largest absolute Gasteiger partial charge is 0.497 e. The molecule has 0 fully saturated rings. The van der Waals surface area contributed by atoms with Gasteiger partial charge in [0.2, 0.25) is 0 Å². The van der Waals surface area contributed by atoms with E-state index in [1.165, 1.54) is 0 Å². The molecule has 0 aliphatic heterocycles. The summed E-state index contributed by atoms with van der Waals surface area (Å²) in [4.78, 5) is 19.4. The molecule has 0 bridgehead atoms. The number of nitrogens with zero attached hydrogens (tertiary/aromatic N) is 2. The third-order valence-electron chi connectivity index (χ3n) is 4.16. The van der Waals surface area contributed by atoms with Crippen LogP contribution in [-0.4, -0.2) is 56.2 Å². The van der Waals surface area contributed by atoms with Gasteiger partial charge in [0, 0.05) is 5.56 Å². The van der Waals surface area contributed by atoms with E-state index >= 15 is 0 Å². The van der Waals surface area contributed by atoms with Crippen LogP contribution in [0.25, 0.3) is 0 Å². The Labute approximate surface area is 157 Å². The van der Waals surface area contributed by atoms with Gasteiger partial charge in [0.1, 0.15) is 5.75 Å². The second-order valence-corrected chi connectivity index (χ2v) is 6.07. The minimum Gasteiger partial charge on any atom is -0.497 e. The third-order valence-corrected chi connectivity index (χ3v) is 4.16. The Morgan fingerprint density at radius 1 is 1.27 bits per heavy atom. The van der Waals surface area contributed by atoms with Crippen molar-refractivity contribution in [1.82, 2.24) is 10.2 Å². The van der Waals surface area contributed by atoms with Crippen molar-refractivity contribution in [1.29, 1.82) is 0 Å². The topological polar surface area (TPSA) is 63.2 Å². The van der Waals surface area contributed by atoms with Crippen molar-refractivity contribution in [3.05, 3.63) is 29.8 Å². The van der Waals surface area contributed by atoms with Gasteiger partial charge in [-0.25, -0.2) is 4.99 Å². The van der Waals surface area contributed by atoms with Crippen LogP contribution in [0.2, 0.25) is 0 Å². The van der Waals surface area contributed by atoms with Gasteiger partial charge in [0.05, 0.1) is 19.8 Å². The fourth-order valence-electron chi connectivity index (χ4n) is 2.59. The molecule has 146 valence electrons. The number of amides is 1. The van der Waals surface area contributed by atoms with E-state index in [1.54, 1.807) is 31.4 Å². The molecular formula is C20H33N3O3. The number of carbonyl (C=O) groups is 1. The monoisotopic (exact) mass is 363 g/mol. The van der Waals surface area contributed by atoms with Crippen molar-refractivity contribution in [3.8, 4) is 5.75 Å². The maximum absolute atomic E-state index is 12.4. The van der Waals surface area contributed by atoms with Gasteiger partial charge in [-0.2, -0.15) is 0 Å². The fourth-order valence-corrected chi connectivity index (χ4v) is 2.59. The molecule has 0 aliphatic carbocycles. The van der Waals surface area contributed by atoms with Crippen molar-refractivity contribution in [2.24, 2.45) is 4.99 Å². The first-order valence-electron chi connectivity index (χ1n) is 9.42. The number of rotatable bonds is 10. The molecule has 6 nitrogen and oxygen atoms in total. The summed E-state index contributed by atoms with van der Waals surface area (Å²) in [5, 5.41) is 2.76. The average Bonchev–Trinajstić information content (AvgIpc) is 2.65. The zero-order valence-corrected chi connectivity index (χ0v) is 16.7. The number of ether oxygens (including phenoxy) is 2. The number of nitrogens with one attached hydrogen (secondary N) is 1. The molecule has 1 N–H and O–H groups in total. The van der Waals surface area contributed by atoms with E-state index < -0.39 is 0 Å². The maximum Gasteiger partial charge on any atom is 0.291 e. The minimum atomic E-state index is -0.258. The van der Waals surface area contributed by atoms with Gasteiger partial charge in [-0.05, 0) is 64.5 Å². The van der Waals surface area contributed by atoms with E-state index in [0.29, 0.717) is 17.9 Å². The molecule has 1 amide bonds. The van der Waals surface area contributed by atoms with E-state index in [0.717, 1.165) is 32.5 Å². The lowest BCUT2D eigenvalue weighted by atomic mass is 10.2. The molecule has 1 atom stereocenters. The van der Waals surface area contributed by atoms with Crippen molar-refractivity contribution >= 4 is 11.9 Å². The van der Waals surface area contributed by atoms with E-state index in [-0.39, 0.29) is 18.0 Å². The number of amidine groups is 1. The lowest BCUT2D eigenvalue weighted by Crippen LogP contribution is -2.33. The van der Waals surface area contributed by atoms with Crippen LogP contribution in [0.15, 0.2) is 29.3 Å². The van der Waals surface area contributed by atoms with E-state index in [9.17, 15) is 4.79 Å². The third kappa shape index (κ3) is 7.87. The predicted octanol–water partition coefficient (Wildman–Crippen LogP) is 3.33. The number of methoxy groups -OCH3 is 1. The normalized spacial score (nSPS) is 12.8. The van der Waals surface area contributed by atoms with E-state index in [1.807, 2.05) is 13.8 Å². The summed E-state index contributed by atoms with van der Waals surface area (Å²) in [5.41, 5.74) is 0.505. The Balaban J connectivity index is 2.65. The van der Waals surface area contributed by atoms with Crippen LogP contribution in [-0.2, 0) is 4.74 Å². The lowest BCUT2D eigenvalue weighted by molar-refractivity contribution is 0.0965. The molecule has 6 heteroatoms. The second kappa shape index (κ2) is 12.3. The molecule has 1 aromatic carbocycles. The van der Waals surface area contributed by atoms with Gasteiger partial charge >= 0.3 is 0 Å². The van der Waals surface area contributed by atoms with E-state index in [2.05, 4.69) is 29.1 Å². The SMILES string of the molecule is CCOC(=N[C@H](C)CCCN(CC)CC)NC(=O)c1cccc(OC)c1. The van der Waals surface area contributed by atoms with Gasteiger partial charge < -0.3 is 14.4 Å². The molecule has 0 aliphatic rings. The first-order chi connectivity index (χ1) is 12.5. The molecule has 1 rings (SSSR count). The van der Waals surface area contributed by atoms with Crippen LogP contribution >= 0.6 is 0 Å². The summed E-state index contributed by atoms with van der Waals surface area (Å²) in [7, 11) is 1.57. The van der Waals surface area contributed by atoms with Gasteiger partial charge in [0.15, 0.2) is 0 Å². The highest BCUT2D eigenvalue weighted by Gasteiger charge is 2.12. The highest BCUT2D eigenvalue weighted by molar-refractivity contribution is 6.04. The first kappa shape index (κ1) is 22.0. The molecule has 0 spiro atoms. The Kier molecular flexibility index (Phi) is 10.4. The molecule has 0 radical (unpaired) electrons. The maximum atomic E-state index is 12.4. The van der Waals surface area contributed by atoms with Crippen LogP contribution in [0.1, 0.15) is 50.9 Å². The highest BCUT2D eigenvalue weighted by atomic mass is 16.5. The van der Waals surface area contributed by atoms with Gasteiger partial charge in [-0.3, -0.25) is 10.1 Å². The Hall–Kier alpha value is -2.08. The highest BCUT2D eigenvalue weighted by Crippen LogP contribution is 2.12. The summed E-state index contributed by atoms with van der Waals surface area (Å²) in [6.07, 6.45) is 2.01. The molecule has 0 heterocycles. The quantitative estimate of drug-likeness (QED) is 0.512. The van der Waals surface area contributed by atoms with Crippen LogP contribution < -0.4 is 10.1 Å². The van der Waals surface area contributed by atoms with Crippen LogP contribution in [0.5, 0.6) is 5.75 Å². The number of aliphatic imine (C=N–C) groups is 1. The lowest BCUT2D eigenvalue weighted by Gasteiger charge is -2.18. The standard InChI is InChI=1S/C20H33N3O3/c1-6-23(7-2)14-10-11-16(4)21-20(26-8-3)22-19(24)17-12-9-13-18(15-17)25-5/h9,12-13,15-16H,6-8,10-11,14H2,1-5H3,(H,21,22,24)/t16-/m1/s1. The van der Waals surface area contributed by atoms with Gasteiger partial charge in [0.25, 0.3) is 11.9 Å². The fraction of sp³-hybridized carbons (Fsp3) is 0.600. The molecule has 0 saturated carbocycles. The van der Waals surface area contributed by atoms with Crippen molar-refractivity contribution < 1.29 is 14.3 Å². The Bertz CT molecular complexity index is 571. The summed E-state index contributed by atoms with van der Waals surface area (Å²) in [5.74, 6) is 0.378. The molecule has 0 saturated heterocycles. The minimum absolute atomic E-state index is 0.0812. The molecule has 1 aromatic rings. The molecule has 0 unspecified atom stereocenters. The van der Waals surface area contributed by atoms with Crippen LogP contribution in [0.4, 0.5) is 0 Å². The zero-order chi connectivity index (χ0) is 19.4. The number of hydrogen-bond acceptors (Lipinski definition) is 5. The zero-order valence-electron chi connectivity index (χ0n) is 16.7. The summed E-state index contributed by atoms with van der Waals surface area (Å²) in [6, 6.07) is 7.35. The van der Waals surface area contributed by atoms with E-state index in [4.69, 9.17) is 9.47 Å². The Morgan fingerprint density at radius 3 is 2.62 bits per heavy atom. The van der Waals surface area contributed by atoms with Gasteiger partial charge in [-0.15, -0.1) is 0 Å². The molecule has 26 heavy (non-hydrogen) atoms. The van der Waals surface area contributed by atoms with Crippen molar-refractivity contribution in [3.63, 3.8) is 0 Å². The summed E-state index contributed by atoms with van der Waals surface area (Å²) >= 11 is 0. The summed E-state index contributed by atoms with van der Waals surface area (Å²) < 4.78 is 10.7. The number of benzene rings is 1. The molecule has 0 aromatic heterocycles. The van der Waals surface area contributed by atoms with Crippen LogP contribution in [0, 0.1) is 0 Å². The average molecular weight is 364 g/mol.